The zero-order valence-electron chi connectivity index (χ0n) is 9.55. The van der Waals surface area contributed by atoms with E-state index in [9.17, 15) is 9.90 Å². The zero-order chi connectivity index (χ0) is 12.5. The lowest BCUT2D eigenvalue weighted by atomic mass is 9.99. The van der Waals surface area contributed by atoms with Crippen LogP contribution < -0.4 is 0 Å². The van der Waals surface area contributed by atoms with Gasteiger partial charge in [-0.3, -0.25) is 0 Å². The molecule has 3 heteroatoms. The molecule has 0 atom stereocenters. The summed E-state index contributed by atoms with van der Waals surface area (Å²) in [6.07, 6.45) is 1.87. The molecule has 0 aliphatic heterocycles. The molecule has 1 heterocycles. The van der Waals surface area contributed by atoms with Gasteiger partial charge in [0.2, 0.25) is 0 Å². The molecule has 3 nitrogen and oxygen atoms in total. The third-order valence-electron chi connectivity index (χ3n) is 3.02. The van der Waals surface area contributed by atoms with E-state index in [0.717, 1.165) is 22.0 Å². The standard InChI is InChI=1S/C15H11NO2/c17-15(18)13-4-2-1-3-12(13)11-6-5-10-7-8-16-14(10)9-11/h1-9,16H,(H,17,18). The van der Waals surface area contributed by atoms with Gasteiger partial charge < -0.3 is 10.1 Å². The molecule has 2 N–H and O–H groups in total. The van der Waals surface area contributed by atoms with Crippen molar-refractivity contribution < 1.29 is 9.90 Å². The minimum atomic E-state index is -0.905. The monoisotopic (exact) mass is 237 g/mol. The van der Waals surface area contributed by atoms with E-state index < -0.39 is 5.97 Å². The van der Waals surface area contributed by atoms with Crippen molar-refractivity contribution in [3.8, 4) is 11.1 Å². The summed E-state index contributed by atoms with van der Waals surface area (Å²) in [6.45, 7) is 0. The SMILES string of the molecule is O=C(O)c1ccccc1-c1ccc2cc[nH]c2c1. The van der Waals surface area contributed by atoms with Crippen LogP contribution in [0.4, 0.5) is 0 Å². The average Bonchev–Trinajstić information content (AvgIpc) is 2.85. The molecule has 2 aromatic carbocycles. The Morgan fingerprint density at radius 1 is 1.06 bits per heavy atom. The molecular weight excluding hydrogens is 226 g/mol. The molecule has 0 saturated heterocycles. The van der Waals surface area contributed by atoms with Crippen LogP contribution in [0.2, 0.25) is 0 Å². The fourth-order valence-corrected chi connectivity index (χ4v) is 2.14. The normalized spacial score (nSPS) is 10.7. The molecular formula is C15H11NO2. The Morgan fingerprint density at radius 3 is 2.72 bits per heavy atom. The number of nitrogens with one attached hydrogen (secondary N) is 1. The maximum atomic E-state index is 11.2. The number of rotatable bonds is 2. The van der Waals surface area contributed by atoms with Gasteiger partial charge in [0.15, 0.2) is 0 Å². The molecule has 0 aliphatic rings. The van der Waals surface area contributed by atoms with Crippen LogP contribution in [-0.2, 0) is 0 Å². The van der Waals surface area contributed by atoms with Gasteiger partial charge in [-0.2, -0.15) is 0 Å². The van der Waals surface area contributed by atoms with Gasteiger partial charge >= 0.3 is 5.97 Å². The van der Waals surface area contributed by atoms with Crippen LogP contribution in [0.5, 0.6) is 0 Å². The minimum absolute atomic E-state index is 0.323. The van der Waals surface area contributed by atoms with Gasteiger partial charge in [0.1, 0.15) is 0 Å². The number of aromatic nitrogens is 1. The summed E-state index contributed by atoms with van der Waals surface area (Å²) in [7, 11) is 0. The number of carboxylic acid groups (broad SMARTS) is 1. The minimum Gasteiger partial charge on any atom is -0.478 e. The van der Waals surface area contributed by atoms with Gasteiger partial charge in [0, 0.05) is 11.7 Å². The van der Waals surface area contributed by atoms with Crippen molar-refractivity contribution >= 4 is 16.9 Å². The predicted octanol–water partition coefficient (Wildman–Crippen LogP) is 3.53. The van der Waals surface area contributed by atoms with E-state index in [0.29, 0.717) is 5.56 Å². The summed E-state index contributed by atoms with van der Waals surface area (Å²) in [6, 6.07) is 14.9. The van der Waals surface area contributed by atoms with Crippen molar-refractivity contribution in [1.29, 1.82) is 0 Å². The Labute approximate surface area is 104 Å². The quantitative estimate of drug-likeness (QED) is 0.716. The summed E-state index contributed by atoms with van der Waals surface area (Å²) >= 11 is 0. The maximum Gasteiger partial charge on any atom is 0.336 e. The maximum absolute atomic E-state index is 11.2. The van der Waals surface area contributed by atoms with Crippen molar-refractivity contribution in [2.24, 2.45) is 0 Å². The molecule has 0 aliphatic carbocycles. The van der Waals surface area contributed by atoms with Crippen LogP contribution in [0.1, 0.15) is 10.4 Å². The fourth-order valence-electron chi connectivity index (χ4n) is 2.14. The summed E-state index contributed by atoms with van der Waals surface area (Å²) in [5.41, 5.74) is 2.97. The largest absolute Gasteiger partial charge is 0.478 e. The molecule has 88 valence electrons. The number of fused-ring (bicyclic) bond motifs is 1. The van der Waals surface area contributed by atoms with Crippen LogP contribution >= 0.6 is 0 Å². The number of H-pyrrole nitrogens is 1. The molecule has 0 saturated carbocycles. The van der Waals surface area contributed by atoms with Gasteiger partial charge in [-0.05, 0) is 34.7 Å². The van der Waals surface area contributed by atoms with Crippen LogP contribution in [0.15, 0.2) is 54.7 Å². The molecule has 3 rings (SSSR count). The number of hydrogen-bond acceptors (Lipinski definition) is 1. The van der Waals surface area contributed by atoms with E-state index in [4.69, 9.17) is 0 Å². The first-order valence-corrected chi connectivity index (χ1v) is 5.65. The molecule has 0 bridgehead atoms. The molecule has 3 aromatic rings. The van der Waals surface area contributed by atoms with E-state index in [1.54, 1.807) is 12.1 Å². The number of carboxylic acids is 1. The predicted molar refractivity (Wildman–Crippen MR) is 70.7 cm³/mol. The van der Waals surface area contributed by atoms with E-state index in [1.165, 1.54) is 0 Å². The summed E-state index contributed by atoms with van der Waals surface area (Å²) in [5.74, 6) is -0.905. The van der Waals surface area contributed by atoms with E-state index >= 15 is 0 Å². The molecule has 0 fully saturated rings. The van der Waals surface area contributed by atoms with Crippen molar-refractivity contribution in [1.82, 2.24) is 4.98 Å². The second-order valence-electron chi connectivity index (χ2n) is 4.13. The highest BCUT2D eigenvalue weighted by molar-refractivity contribution is 5.97. The number of aromatic amines is 1. The topological polar surface area (TPSA) is 53.1 Å². The van der Waals surface area contributed by atoms with Crippen molar-refractivity contribution in [3.63, 3.8) is 0 Å². The van der Waals surface area contributed by atoms with Crippen LogP contribution in [0, 0.1) is 0 Å². The van der Waals surface area contributed by atoms with Crippen molar-refractivity contribution in [3.05, 3.63) is 60.3 Å². The smallest absolute Gasteiger partial charge is 0.336 e. The number of benzene rings is 2. The van der Waals surface area contributed by atoms with Gasteiger partial charge in [-0.1, -0.05) is 30.3 Å². The highest BCUT2D eigenvalue weighted by Gasteiger charge is 2.10. The average molecular weight is 237 g/mol. The van der Waals surface area contributed by atoms with Crippen molar-refractivity contribution in [2.45, 2.75) is 0 Å². The lowest BCUT2D eigenvalue weighted by Gasteiger charge is -2.06. The molecule has 0 unspecified atom stereocenters. The van der Waals surface area contributed by atoms with E-state index in [2.05, 4.69) is 4.98 Å². The molecule has 0 radical (unpaired) electrons. The van der Waals surface area contributed by atoms with Crippen LogP contribution in [0.3, 0.4) is 0 Å². The molecule has 0 amide bonds. The number of aromatic carboxylic acids is 1. The fraction of sp³-hybridized carbons (Fsp3) is 0. The van der Waals surface area contributed by atoms with E-state index in [-0.39, 0.29) is 0 Å². The van der Waals surface area contributed by atoms with Crippen LogP contribution in [-0.4, -0.2) is 16.1 Å². The highest BCUT2D eigenvalue weighted by atomic mass is 16.4. The second kappa shape index (κ2) is 4.04. The van der Waals surface area contributed by atoms with Gasteiger partial charge in [0.05, 0.1) is 5.56 Å². The van der Waals surface area contributed by atoms with Crippen molar-refractivity contribution in [2.75, 3.05) is 0 Å². The van der Waals surface area contributed by atoms with Gasteiger partial charge in [0.25, 0.3) is 0 Å². The third-order valence-corrected chi connectivity index (χ3v) is 3.02. The van der Waals surface area contributed by atoms with E-state index in [1.807, 2.05) is 42.6 Å². The Kier molecular flexibility index (Phi) is 2.38. The summed E-state index contributed by atoms with van der Waals surface area (Å²) < 4.78 is 0. The Bertz CT molecular complexity index is 728. The number of hydrogen-bond donors (Lipinski definition) is 2. The van der Waals surface area contributed by atoms with Gasteiger partial charge in [-0.15, -0.1) is 0 Å². The lowest BCUT2D eigenvalue weighted by Crippen LogP contribution is -1.98. The number of carbonyl (C=O) groups is 1. The Balaban J connectivity index is 2.22. The first kappa shape index (κ1) is 10.6. The summed E-state index contributed by atoms with van der Waals surface area (Å²) in [5, 5.41) is 10.3. The Hall–Kier alpha value is -2.55. The zero-order valence-corrected chi connectivity index (χ0v) is 9.55. The first-order chi connectivity index (χ1) is 8.75. The summed E-state index contributed by atoms with van der Waals surface area (Å²) in [4.78, 5) is 14.3. The van der Waals surface area contributed by atoms with Crippen LogP contribution in [0.25, 0.3) is 22.0 Å². The first-order valence-electron chi connectivity index (χ1n) is 5.65. The third kappa shape index (κ3) is 1.66. The van der Waals surface area contributed by atoms with Gasteiger partial charge in [-0.25, -0.2) is 4.79 Å². The Morgan fingerprint density at radius 2 is 1.89 bits per heavy atom. The highest BCUT2D eigenvalue weighted by Crippen LogP contribution is 2.26. The molecule has 1 aromatic heterocycles. The molecule has 18 heavy (non-hydrogen) atoms. The lowest BCUT2D eigenvalue weighted by molar-refractivity contribution is 0.0697. The second-order valence-corrected chi connectivity index (χ2v) is 4.13. The molecule has 0 spiro atoms.